The number of hydrogen-bond donors (Lipinski definition) is 1. The Morgan fingerprint density at radius 1 is 1.38 bits per heavy atom. The van der Waals surface area contributed by atoms with Crippen LogP contribution in [0.4, 0.5) is 0 Å². The molecule has 0 bridgehead atoms. The Morgan fingerprint density at radius 2 is 2.14 bits per heavy atom. The monoisotopic (exact) mass is 304 g/mol. The van der Waals surface area contributed by atoms with Gasteiger partial charge in [-0.15, -0.1) is 0 Å². The predicted molar refractivity (Wildman–Crippen MR) is 84.6 cm³/mol. The summed E-state index contributed by atoms with van der Waals surface area (Å²) in [5, 5.41) is 15.9. The van der Waals surface area contributed by atoms with E-state index in [1.54, 1.807) is 0 Å². The van der Waals surface area contributed by atoms with Crippen LogP contribution in [0, 0.1) is 12.8 Å². The maximum absolute atomic E-state index is 10.7. The second kappa shape index (κ2) is 5.82. The number of aryl methyl sites for hydroxylation is 3. The molecular formula is C17H21ClN2O. The van der Waals surface area contributed by atoms with Gasteiger partial charge in [-0.05, 0) is 50.2 Å². The molecule has 0 amide bonds. The van der Waals surface area contributed by atoms with E-state index < -0.39 is 6.10 Å². The molecule has 2 aromatic rings. The van der Waals surface area contributed by atoms with Crippen molar-refractivity contribution in [2.45, 2.75) is 45.8 Å². The number of aromatic nitrogens is 2. The maximum atomic E-state index is 10.7. The molecule has 2 atom stereocenters. The summed E-state index contributed by atoms with van der Waals surface area (Å²) in [7, 11) is 0. The fraction of sp³-hybridized carbons (Fsp3) is 0.471. The van der Waals surface area contributed by atoms with Crippen LogP contribution in [0.3, 0.4) is 0 Å². The Bertz CT molecular complexity index is 650. The molecule has 3 rings (SSSR count). The molecule has 2 unspecified atom stereocenters. The minimum atomic E-state index is -0.411. The van der Waals surface area contributed by atoms with Gasteiger partial charge in [0.05, 0.1) is 22.5 Å². The number of nitrogens with zero attached hydrogens (tertiary/aromatic N) is 2. The summed E-state index contributed by atoms with van der Waals surface area (Å²) < 4.78 is 1.96. The van der Waals surface area contributed by atoms with Gasteiger partial charge in [0.1, 0.15) is 0 Å². The molecule has 0 saturated carbocycles. The highest BCUT2D eigenvalue weighted by atomic mass is 35.5. The van der Waals surface area contributed by atoms with Crippen molar-refractivity contribution in [3.05, 3.63) is 51.8 Å². The lowest BCUT2D eigenvalue weighted by molar-refractivity contribution is 0.0924. The van der Waals surface area contributed by atoms with Crippen LogP contribution in [0.5, 0.6) is 0 Å². The zero-order valence-electron chi connectivity index (χ0n) is 12.5. The Kier molecular flexibility index (Phi) is 4.05. The average molecular weight is 305 g/mol. The van der Waals surface area contributed by atoms with Gasteiger partial charge in [-0.1, -0.05) is 35.9 Å². The van der Waals surface area contributed by atoms with Crippen molar-refractivity contribution in [2.24, 2.45) is 5.92 Å². The molecule has 1 N–H and O–H groups in total. The van der Waals surface area contributed by atoms with Crippen molar-refractivity contribution in [1.29, 1.82) is 0 Å². The summed E-state index contributed by atoms with van der Waals surface area (Å²) in [6, 6.07) is 8.19. The molecule has 1 aromatic carbocycles. The van der Waals surface area contributed by atoms with Gasteiger partial charge in [0.2, 0.25) is 0 Å². The van der Waals surface area contributed by atoms with Crippen LogP contribution in [0.1, 0.15) is 42.0 Å². The van der Waals surface area contributed by atoms with Crippen LogP contribution < -0.4 is 0 Å². The van der Waals surface area contributed by atoms with Crippen molar-refractivity contribution >= 4 is 11.6 Å². The first-order valence-corrected chi connectivity index (χ1v) is 7.97. The number of aliphatic hydroxyl groups is 1. The smallest absolute Gasteiger partial charge is 0.0847 e. The zero-order chi connectivity index (χ0) is 15.0. The predicted octanol–water partition coefficient (Wildman–Crippen LogP) is 3.70. The molecule has 1 aromatic heterocycles. The van der Waals surface area contributed by atoms with E-state index in [4.69, 9.17) is 11.6 Å². The van der Waals surface area contributed by atoms with Gasteiger partial charge in [-0.25, -0.2) is 0 Å². The van der Waals surface area contributed by atoms with Crippen molar-refractivity contribution in [3.8, 4) is 0 Å². The third-order valence-electron chi connectivity index (χ3n) is 4.51. The van der Waals surface area contributed by atoms with E-state index in [-0.39, 0.29) is 5.92 Å². The van der Waals surface area contributed by atoms with Crippen LogP contribution in [0.2, 0.25) is 5.02 Å². The molecule has 0 spiro atoms. The maximum Gasteiger partial charge on any atom is 0.0847 e. The molecule has 3 nitrogen and oxygen atoms in total. The third kappa shape index (κ3) is 2.60. The van der Waals surface area contributed by atoms with E-state index >= 15 is 0 Å². The largest absolute Gasteiger partial charge is 0.388 e. The standard InChI is InChI=1S/C17H21ClN2O/c1-3-20-15(16(18)11(2)19-20)10-13-9-8-12-6-4-5-7-14(12)17(13)21/h4-7,13,17,21H,3,8-10H2,1-2H3. The molecule has 0 radical (unpaired) electrons. The Hall–Kier alpha value is -1.32. The lowest BCUT2D eigenvalue weighted by Crippen LogP contribution is -2.23. The number of benzene rings is 1. The highest BCUT2D eigenvalue weighted by Gasteiger charge is 2.29. The molecule has 4 heteroatoms. The first kappa shape index (κ1) is 14.6. The number of hydrogen-bond acceptors (Lipinski definition) is 2. The quantitative estimate of drug-likeness (QED) is 0.939. The highest BCUT2D eigenvalue weighted by Crippen LogP contribution is 2.37. The number of halogens is 1. The lowest BCUT2D eigenvalue weighted by Gasteiger charge is -2.30. The second-order valence-corrected chi connectivity index (χ2v) is 6.19. The molecule has 0 fully saturated rings. The van der Waals surface area contributed by atoms with Crippen LogP contribution in [-0.2, 0) is 19.4 Å². The van der Waals surface area contributed by atoms with E-state index in [1.165, 1.54) is 5.56 Å². The van der Waals surface area contributed by atoms with Gasteiger partial charge < -0.3 is 5.11 Å². The SMILES string of the molecule is CCn1nc(C)c(Cl)c1CC1CCc2ccccc2C1O. The van der Waals surface area contributed by atoms with Crippen LogP contribution in [0.15, 0.2) is 24.3 Å². The second-order valence-electron chi connectivity index (χ2n) is 5.81. The molecule has 1 aliphatic carbocycles. The first-order chi connectivity index (χ1) is 10.1. The van der Waals surface area contributed by atoms with E-state index in [0.717, 1.165) is 47.8 Å². The third-order valence-corrected chi connectivity index (χ3v) is 5.00. The number of rotatable bonds is 3. The van der Waals surface area contributed by atoms with Gasteiger partial charge in [0, 0.05) is 6.54 Å². The summed E-state index contributed by atoms with van der Waals surface area (Å²) in [6.07, 6.45) is 2.38. The minimum Gasteiger partial charge on any atom is -0.388 e. The summed E-state index contributed by atoms with van der Waals surface area (Å²) in [5.41, 5.74) is 4.27. The Labute approximate surface area is 130 Å². The van der Waals surface area contributed by atoms with Gasteiger partial charge in [0.15, 0.2) is 0 Å². The minimum absolute atomic E-state index is 0.207. The Morgan fingerprint density at radius 3 is 2.90 bits per heavy atom. The fourth-order valence-corrected chi connectivity index (χ4v) is 3.54. The highest BCUT2D eigenvalue weighted by molar-refractivity contribution is 6.31. The summed E-state index contributed by atoms with van der Waals surface area (Å²) >= 11 is 6.39. The van der Waals surface area contributed by atoms with E-state index in [2.05, 4.69) is 18.1 Å². The molecule has 112 valence electrons. The summed E-state index contributed by atoms with van der Waals surface area (Å²) in [6.45, 7) is 4.81. The van der Waals surface area contributed by atoms with Crippen molar-refractivity contribution in [3.63, 3.8) is 0 Å². The first-order valence-electron chi connectivity index (χ1n) is 7.59. The molecule has 0 saturated heterocycles. The van der Waals surface area contributed by atoms with Crippen LogP contribution >= 0.6 is 11.6 Å². The normalized spacial score (nSPS) is 21.3. The van der Waals surface area contributed by atoms with Crippen molar-refractivity contribution in [2.75, 3.05) is 0 Å². The molecular weight excluding hydrogens is 284 g/mol. The van der Waals surface area contributed by atoms with Crippen LogP contribution in [-0.4, -0.2) is 14.9 Å². The average Bonchev–Trinajstić information content (AvgIpc) is 2.78. The Balaban J connectivity index is 1.87. The fourth-order valence-electron chi connectivity index (χ4n) is 3.33. The topological polar surface area (TPSA) is 38.0 Å². The lowest BCUT2D eigenvalue weighted by atomic mass is 9.79. The van der Waals surface area contributed by atoms with E-state index in [1.807, 2.05) is 29.8 Å². The molecule has 0 aliphatic heterocycles. The number of aliphatic hydroxyl groups excluding tert-OH is 1. The van der Waals surface area contributed by atoms with Gasteiger partial charge in [0.25, 0.3) is 0 Å². The number of fused-ring (bicyclic) bond motifs is 1. The van der Waals surface area contributed by atoms with Crippen molar-refractivity contribution < 1.29 is 5.11 Å². The summed E-state index contributed by atoms with van der Waals surface area (Å²) in [5.74, 6) is 0.207. The summed E-state index contributed by atoms with van der Waals surface area (Å²) in [4.78, 5) is 0. The zero-order valence-corrected chi connectivity index (χ0v) is 13.3. The van der Waals surface area contributed by atoms with Gasteiger partial charge >= 0.3 is 0 Å². The molecule has 21 heavy (non-hydrogen) atoms. The van der Waals surface area contributed by atoms with E-state index in [9.17, 15) is 5.11 Å². The van der Waals surface area contributed by atoms with Gasteiger partial charge in [-0.3, -0.25) is 4.68 Å². The van der Waals surface area contributed by atoms with Crippen LogP contribution in [0.25, 0.3) is 0 Å². The van der Waals surface area contributed by atoms with Crippen molar-refractivity contribution in [1.82, 2.24) is 9.78 Å². The van der Waals surface area contributed by atoms with E-state index in [0.29, 0.717) is 0 Å². The molecule has 1 heterocycles. The molecule has 1 aliphatic rings. The van der Waals surface area contributed by atoms with Gasteiger partial charge in [-0.2, -0.15) is 5.10 Å².